The minimum Gasteiger partial charge on any atom is -0.460 e. The smallest absolute Gasteiger partial charge is 0.329 e. The van der Waals surface area contributed by atoms with Crippen molar-refractivity contribution in [1.82, 2.24) is 4.90 Å². The zero-order valence-electron chi connectivity index (χ0n) is 22.2. The molecule has 1 amide bonds. The molecular formula is C29H45NO5. The second kappa shape index (κ2) is 12.4. The molecule has 2 heterocycles. The Kier molecular flexibility index (Phi) is 9.77. The lowest BCUT2D eigenvalue weighted by atomic mass is 9.86. The van der Waals surface area contributed by atoms with E-state index in [-0.39, 0.29) is 48.3 Å². The largest absolute Gasteiger partial charge is 0.460 e. The summed E-state index contributed by atoms with van der Waals surface area (Å²) in [6, 6.07) is 9.71. The third kappa shape index (κ3) is 7.07. The van der Waals surface area contributed by atoms with Crippen LogP contribution in [-0.4, -0.2) is 52.5 Å². The van der Waals surface area contributed by atoms with Crippen LogP contribution in [-0.2, 0) is 25.5 Å². The number of amides is 1. The van der Waals surface area contributed by atoms with Gasteiger partial charge in [-0.15, -0.1) is 0 Å². The highest BCUT2D eigenvalue weighted by Crippen LogP contribution is 2.36. The first-order chi connectivity index (χ1) is 16.6. The summed E-state index contributed by atoms with van der Waals surface area (Å²) in [6.45, 7) is 10.7. The maximum Gasteiger partial charge on any atom is 0.329 e. The van der Waals surface area contributed by atoms with Crippen molar-refractivity contribution in [2.75, 3.05) is 6.54 Å². The normalized spacial score (nSPS) is 29.0. The van der Waals surface area contributed by atoms with Gasteiger partial charge >= 0.3 is 5.97 Å². The number of piperidine rings is 1. The van der Waals surface area contributed by atoms with Crippen molar-refractivity contribution >= 4 is 11.9 Å². The summed E-state index contributed by atoms with van der Waals surface area (Å²) in [5.41, 5.74) is 1.24. The summed E-state index contributed by atoms with van der Waals surface area (Å²) >= 11 is 0. The van der Waals surface area contributed by atoms with Crippen molar-refractivity contribution in [2.24, 2.45) is 17.8 Å². The van der Waals surface area contributed by atoms with Crippen LogP contribution in [0, 0.1) is 17.8 Å². The standard InChI is InChI=1S/C29H45NO5/c1-6-24(18-23-12-8-7-9-13-23)27(20(2)3)34-28(32)25-14-10-11-17-30(25)26(31)19-29(33)21(4)15-16-22(5)35-29/h7-9,12-13,20-22,24-25,27,33H,6,10-11,14-19H2,1-5H3/t21-,22?,24-,25+,27+,29+/m1/s1. The van der Waals surface area contributed by atoms with Gasteiger partial charge in [0.25, 0.3) is 0 Å². The van der Waals surface area contributed by atoms with E-state index in [1.807, 2.05) is 32.0 Å². The summed E-state index contributed by atoms with van der Waals surface area (Å²) in [6.07, 6.45) is 5.32. The van der Waals surface area contributed by atoms with Crippen molar-refractivity contribution < 1.29 is 24.2 Å². The van der Waals surface area contributed by atoms with Gasteiger partial charge in [0.1, 0.15) is 12.1 Å². The molecule has 2 aliphatic heterocycles. The quantitative estimate of drug-likeness (QED) is 0.490. The first kappa shape index (κ1) is 27.7. The molecule has 1 aromatic carbocycles. The third-order valence-corrected chi connectivity index (χ3v) is 7.92. The highest BCUT2D eigenvalue weighted by Gasteiger charge is 2.45. The monoisotopic (exact) mass is 487 g/mol. The highest BCUT2D eigenvalue weighted by atomic mass is 16.6. The van der Waals surface area contributed by atoms with Crippen molar-refractivity contribution in [2.45, 2.75) is 110 Å². The van der Waals surface area contributed by atoms with E-state index in [4.69, 9.17) is 9.47 Å². The molecule has 0 radical (unpaired) electrons. The fourth-order valence-electron chi connectivity index (χ4n) is 5.64. The van der Waals surface area contributed by atoms with Gasteiger partial charge in [-0.05, 0) is 69.3 Å². The Bertz CT molecular complexity index is 828. The minimum atomic E-state index is -1.48. The van der Waals surface area contributed by atoms with Gasteiger partial charge in [0.15, 0.2) is 5.79 Å². The lowest BCUT2D eigenvalue weighted by molar-refractivity contribution is -0.277. The molecule has 0 aromatic heterocycles. The SMILES string of the molecule is CC[C@H](Cc1ccccc1)[C@@H](OC(=O)[C@@H]1CCCCN1C(=O)C[C@]1(O)OC(C)CC[C@H]1C)C(C)C. The van der Waals surface area contributed by atoms with Crippen LogP contribution in [0.25, 0.3) is 0 Å². The Morgan fingerprint density at radius 2 is 1.86 bits per heavy atom. The summed E-state index contributed by atoms with van der Waals surface area (Å²) in [7, 11) is 0. The first-order valence-corrected chi connectivity index (χ1v) is 13.6. The Labute approximate surface area is 211 Å². The summed E-state index contributed by atoms with van der Waals surface area (Å²) in [4.78, 5) is 28.5. The number of aliphatic hydroxyl groups is 1. The Morgan fingerprint density at radius 3 is 2.51 bits per heavy atom. The highest BCUT2D eigenvalue weighted by molar-refractivity contribution is 5.85. The van der Waals surface area contributed by atoms with E-state index in [2.05, 4.69) is 32.9 Å². The van der Waals surface area contributed by atoms with Crippen molar-refractivity contribution in [3.63, 3.8) is 0 Å². The number of benzene rings is 1. The average Bonchev–Trinajstić information content (AvgIpc) is 2.84. The number of nitrogens with zero attached hydrogens (tertiary/aromatic N) is 1. The molecule has 3 rings (SSSR count). The van der Waals surface area contributed by atoms with E-state index < -0.39 is 11.8 Å². The van der Waals surface area contributed by atoms with Gasteiger partial charge in [-0.3, -0.25) is 4.79 Å². The predicted molar refractivity (Wildman–Crippen MR) is 137 cm³/mol. The molecule has 35 heavy (non-hydrogen) atoms. The number of rotatable bonds is 9. The number of likely N-dealkylation sites (tertiary alicyclic amines) is 1. The third-order valence-electron chi connectivity index (χ3n) is 7.92. The maximum absolute atomic E-state index is 13.5. The number of carbonyl (C=O) groups excluding carboxylic acids is 2. The van der Waals surface area contributed by atoms with Gasteiger partial charge in [-0.2, -0.15) is 0 Å². The van der Waals surface area contributed by atoms with Crippen LogP contribution >= 0.6 is 0 Å². The Morgan fingerprint density at radius 1 is 1.14 bits per heavy atom. The second-order valence-electron chi connectivity index (χ2n) is 11.0. The van der Waals surface area contributed by atoms with Crippen LogP contribution in [0.15, 0.2) is 30.3 Å². The molecule has 0 aliphatic carbocycles. The fourth-order valence-corrected chi connectivity index (χ4v) is 5.64. The zero-order chi connectivity index (χ0) is 25.6. The lowest BCUT2D eigenvalue weighted by Crippen LogP contribution is -2.54. The molecular weight excluding hydrogens is 442 g/mol. The average molecular weight is 488 g/mol. The summed E-state index contributed by atoms with van der Waals surface area (Å²) < 4.78 is 12.0. The van der Waals surface area contributed by atoms with E-state index in [0.29, 0.717) is 13.0 Å². The van der Waals surface area contributed by atoms with Gasteiger partial charge in [0.2, 0.25) is 5.91 Å². The lowest BCUT2D eigenvalue weighted by Gasteiger charge is -2.43. The van der Waals surface area contributed by atoms with Gasteiger partial charge in [-0.1, -0.05) is 58.0 Å². The first-order valence-electron chi connectivity index (χ1n) is 13.6. The second-order valence-corrected chi connectivity index (χ2v) is 11.0. The Hall–Kier alpha value is -1.92. The molecule has 196 valence electrons. The van der Waals surface area contributed by atoms with Crippen molar-refractivity contribution in [1.29, 1.82) is 0 Å². The molecule has 0 saturated carbocycles. The van der Waals surface area contributed by atoms with Crippen LogP contribution in [0.3, 0.4) is 0 Å². The van der Waals surface area contributed by atoms with E-state index in [1.165, 1.54) is 5.56 Å². The summed E-state index contributed by atoms with van der Waals surface area (Å²) in [5, 5.41) is 11.1. The molecule has 1 aromatic rings. The van der Waals surface area contributed by atoms with E-state index >= 15 is 0 Å². The van der Waals surface area contributed by atoms with E-state index in [9.17, 15) is 14.7 Å². The van der Waals surface area contributed by atoms with Gasteiger partial charge < -0.3 is 19.5 Å². The summed E-state index contributed by atoms with van der Waals surface area (Å²) in [5.74, 6) is -1.79. The fraction of sp³-hybridized carbons (Fsp3) is 0.724. The number of ether oxygens (including phenoxy) is 2. The molecule has 2 saturated heterocycles. The molecule has 6 nitrogen and oxygen atoms in total. The topological polar surface area (TPSA) is 76.1 Å². The molecule has 2 aliphatic rings. The Balaban J connectivity index is 1.70. The molecule has 6 heteroatoms. The van der Waals surface area contributed by atoms with Gasteiger partial charge in [0, 0.05) is 12.5 Å². The number of hydrogen-bond donors (Lipinski definition) is 1. The molecule has 0 spiro atoms. The van der Waals surface area contributed by atoms with Crippen LogP contribution in [0.2, 0.25) is 0 Å². The van der Waals surface area contributed by atoms with Gasteiger partial charge in [-0.25, -0.2) is 4.79 Å². The zero-order valence-corrected chi connectivity index (χ0v) is 22.2. The van der Waals surface area contributed by atoms with Crippen LogP contribution in [0.4, 0.5) is 0 Å². The number of hydrogen-bond acceptors (Lipinski definition) is 5. The number of esters is 1. The van der Waals surface area contributed by atoms with Gasteiger partial charge in [0.05, 0.1) is 12.5 Å². The van der Waals surface area contributed by atoms with Crippen molar-refractivity contribution in [3.8, 4) is 0 Å². The van der Waals surface area contributed by atoms with Crippen LogP contribution in [0.5, 0.6) is 0 Å². The maximum atomic E-state index is 13.5. The van der Waals surface area contributed by atoms with Crippen molar-refractivity contribution in [3.05, 3.63) is 35.9 Å². The predicted octanol–water partition coefficient (Wildman–Crippen LogP) is 5.12. The van der Waals surface area contributed by atoms with E-state index in [1.54, 1.807) is 4.90 Å². The molecule has 1 N–H and O–H groups in total. The number of carbonyl (C=O) groups is 2. The molecule has 1 unspecified atom stereocenters. The molecule has 2 fully saturated rings. The van der Waals surface area contributed by atoms with Crippen LogP contribution in [0.1, 0.15) is 85.1 Å². The van der Waals surface area contributed by atoms with E-state index in [0.717, 1.165) is 38.5 Å². The molecule has 0 bridgehead atoms. The minimum absolute atomic E-state index is 0.0893. The van der Waals surface area contributed by atoms with Crippen LogP contribution < -0.4 is 0 Å². The molecule has 6 atom stereocenters.